The lowest BCUT2D eigenvalue weighted by molar-refractivity contribution is -0.118. The van der Waals surface area contributed by atoms with Gasteiger partial charge in [-0.1, -0.05) is 12.1 Å². The number of hydrogen-bond donors (Lipinski definition) is 1. The van der Waals surface area contributed by atoms with Crippen molar-refractivity contribution in [3.05, 3.63) is 53.6 Å². The Morgan fingerprint density at radius 3 is 2.48 bits per heavy atom. The highest BCUT2D eigenvalue weighted by atomic mass is 16.5. The van der Waals surface area contributed by atoms with Crippen LogP contribution in [-0.4, -0.2) is 42.4 Å². The van der Waals surface area contributed by atoms with E-state index in [2.05, 4.69) is 5.32 Å². The summed E-state index contributed by atoms with van der Waals surface area (Å²) in [4.78, 5) is 37.0. The third-order valence-corrected chi connectivity index (χ3v) is 4.05. The van der Waals surface area contributed by atoms with E-state index in [1.807, 2.05) is 0 Å². The zero-order chi connectivity index (χ0) is 17.4. The van der Waals surface area contributed by atoms with Crippen LogP contribution in [-0.2, 0) is 4.79 Å². The molecule has 126 valence electrons. The number of nitrogens with zero attached hydrogens (tertiary/aromatic N) is 1. The summed E-state index contributed by atoms with van der Waals surface area (Å²) in [6.45, 7) is 0.290. The molecule has 0 aliphatic carbocycles. The summed E-state index contributed by atoms with van der Waals surface area (Å²) < 4.78 is 10.9. The Kier molecular flexibility index (Phi) is 3.61. The SMILES string of the molecule is O=C1COc2ccc(OCCN3C(=O)c4ccccc4C3=O)cc2N1. The number of carbonyl (C=O) groups is 3. The van der Waals surface area contributed by atoms with E-state index >= 15 is 0 Å². The number of ether oxygens (including phenoxy) is 2. The van der Waals surface area contributed by atoms with Crippen LogP contribution in [0.3, 0.4) is 0 Å². The first-order valence-electron chi connectivity index (χ1n) is 7.78. The second-order valence-corrected chi connectivity index (χ2v) is 5.65. The highest BCUT2D eigenvalue weighted by Gasteiger charge is 2.34. The summed E-state index contributed by atoms with van der Waals surface area (Å²) in [6, 6.07) is 11.8. The van der Waals surface area contributed by atoms with Gasteiger partial charge >= 0.3 is 0 Å². The molecule has 4 rings (SSSR count). The fourth-order valence-corrected chi connectivity index (χ4v) is 2.85. The highest BCUT2D eigenvalue weighted by molar-refractivity contribution is 6.21. The van der Waals surface area contributed by atoms with Crippen molar-refractivity contribution in [3.63, 3.8) is 0 Å². The molecule has 25 heavy (non-hydrogen) atoms. The highest BCUT2D eigenvalue weighted by Crippen LogP contribution is 2.31. The van der Waals surface area contributed by atoms with Gasteiger partial charge in [0.2, 0.25) is 0 Å². The molecule has 7 heteroatoms. The standard InChI is InChI=1S/C18H14N2O5/c21-16-10-25-15-6-5-11(9-14(15)19-16)24-8-7-20-17(22)12-3-1-2-4-13(12)18(20)23/h1-6,9H,7-8,10H2,(H,19,21). The van der Waals surface area contributed by atoms with Crippen LogP contribution < -0.4 is 14.8 Å². The lowest BCUT2D eigenvalue weighted by Gasteiger charge is -2.19. The Bertz CT molecular complexity index is 858. The first-order chi connectivity index (χ1) is 12.1. The van der Waals surface area contributed by atoms with Gasteiger partial charge in [-0.3, -0.25) is 19.3 Å². The summed E-state index contributed by atoms with van der Waals surface area (Å²) >= 11 is 0. The molecule has 2 aromatic rings. The molecule has 0 unspecified atom stereocenters. The zero-order valence-electron chi connectivity index (χ0n) is 13.2. The molecule has 7 nitrogen and oxygen atoms in total. The molecule has 0 atom stereocenters. The molecule has 0 saturated heterocycles. The molecule has 0 aromatic heterocycles. The van der Waals surface area contributed by atoms with E-state index in [0.29, 0.717) is 28.3 Å². The van der Waals surface area contributed by atoms with Gasteiger partial charge in [-0.05, 0) is 24.3 Å². The largest absolute Gasteiger partial charge is 0.492 e. The molecule has 3 amide bonds. The van der Waals surface area contributed by atoms with E-state index in [1.54, 1.807) is 42.5 Å². The van der Waals surface area contributed by atoms with E-state index in [9.17, 15) is 14.4 Å². The van der Waals surface area contributed by atoms with E-state index in [-0.39, 0.29) is 37.5 Å². The van der Waals surface area contributed by atoms with Crippen LogP contribution in [0.15, 0.2) is 42.5 Å². The summed E-state index contributed by atoms with van der Waals surface area (Å²) in [5.74, 6) is 0.245. The topological polar surface area (TPSA) is 84.9 Å². The van der Waals surface area contributed by atoms with Crippen LogP contribution in [0.4, 0.5) is 5.69 Å². The molecule has 0 saturated carbocycles. The average Bonchev–Trinajstić information content (AvgIpc) is 2.86. The number of fused-ring (bicyclic) bond motifs is 2. The minimum Gasteiger partial charge on any atom is -0.492 e. The Labute approximate surface area is 143 Å². The first-order valence-corrected chi connectivity index (χ1v) is 7.78. The summed E-state index contributed by atoms with van der Waals surface area (Å²) in [5.41, 5.74) is 1.37. The number of imide groups is 1. The van der Waals surface area contributed by atoms with Crippen LogP contribution in [0, 0.1) is 0 Å². The molecule has 2 heterocycles. The minimum absolute atomic E-state index is 0.00700. The van der Waals surface area contributed by atoms with Gasteiger partial charge in [-0.15, -0.1) is 0 Å². The van der Waals surface area contributed by atoms with Gasteiger partial charge in [-0.25, -0.2) is 0 Å². The molecule has 2 aliphatic rings. The molecule has 1 N–H and O–H groups in total. The van der Waals surface area contributed by atoms with Crippen LogP contribution >= 0.6 is 0 Å². The van der Waals surface area contributed by atoms with Crippen LogP contribution in [0.2, 0.25) is 0 Å². The monoisotopic (exact) mass is 338 g/mol. The van der Waals surface area contributed by atoms with Crippen molar-refractivity contribution in [2.45, 2.75) is 0 Å². The van der Waals surface area contributed by atoms with Crippen molar-refractivity contribution in [2.75, 3.05) is 25.1 Å². The summed E-state index contributed by atoms with van der Waals surface area (Å²) in [7, 11) is 0. The van der Waals surface area contributed by atoms with Gasteiger partial charge < -0.3 is 14.8 Å². The number of amides is 3. The number of carbonyl (C=O) groups excluding carboxylic acids is 3. The van der Waals surface area contributed by atoms with Gasteiger partial charge in [0.15, 0.2) is 6.61 Å². The Morgan fingerprint density at radius 2 is 1.76 bits per heavy atom. The van der Waals surface area contributed by atoms with Gasteiger partial charge in [0.25, 0.3) is 17.7 Å². The van der Waals surface area contributed by atoms with Gasteiger partial charge in [0.1, 0.15) is 18.1 Å². The Balaban J connectivity index is 1.40. The van der Waals surface area contributed by atoms with Gasteiger partial charge in [0, 0.05) is 6.07 Å². The second kappa shape index (κ2) is 5.94. The lowest BCUT2D eigenvalue weighted by Crippen LogP contribution is -2.33. The quantitative estimate of drug-likeness (QED) is 0.858. The smallest absolute Gasteiger partial charge is 0.262 e. The average molecular weight is 338 g/mol. The Morgan fingerprint density at radius 1 is 1.04 bits per heavy atom. The number of rotatable bonds is 4. The molecule has 0 fully saturated rings. The van der Waals surface area contributed by atoms with Crippen molar-refractivity contribution in [1.29, 1.82) is 0 Å². The molecular weight excluding hydrogens is 324 g/mol. The predicted molar refractivity (Wildman–Crippen MR) is 87.9 cm³/mol. The van der Waals surface area contributed by atoms with Crippen molar-refractivity contribution in [2.24, 2.45) is 0 Å². The van der Waals surface area contributed by atoms with Crippen LogP contribution in [0.25, 0.3) is 0 Å². The van der Waals surface area contributed by atoms with Crippen LogP contribution in [0.5, 0.6) is 11.5 Å². The normalized spacial score (nSPS) is 15.4. The van der Waals surface area contributed by atoms with Gasteiger partial charge in [0.05, 0.1) is 23.4 Å². The fourth-order valence-electron chi connectivity index (χ4n) is 2.85. The van der Waals surface area contributed by atoms with Crippen LogP contribution in [0.1, 0.15) is 20.7 Å². The number of nitrogens with one attached hydrogen (secondary N) is 1. The van der Waals surface area contributed by atoms with E-state index in [1.165, 1.54) is 4.90 Å². The minimum atomic E-state index is -0.310. The van der Waals surface area contributed by atoms with Crippen molar-refractivity contribution >= 4 is 23.4 Å². The van der Waals surface area contributed by atoms with Crippen molar-refractivity contribution in [3.8, 4) is 11.5 Å². The zero-order valence-corrected chi connectivity index (χ0v) is 13.2. The maximum Gasteiger partial charge on any atom is 0.262 e. The third-order valence-electron chi connectivity index (χ3n) is 4.05. The Hall–Kier alpha value is -3.35. The molecule has 2 aliphatic heterocycles. The summed E-state index contributed by atoms with van der Waals surface area (Å²) in [6.07, 6.45) is 0. The molecule has 2 aromatic carbocycles. The fraction of sp³-hybridized carbons (Fsp3) is 0.167. The van der Waals surface area contributed by atoms with Crippen molar-refractivity contribution in [1.82, 2.24) is 4.90 Å². The maximum absolute atomic E-state index is 12.3. The molecule has 0 spiro atoms. The van der Waals surface area contributed by atoms with E-state index in [4.69, 9.17) is 9.47 Å². The maximum atomic E-state index is 12.3. The van der Waals surface area contributed by atoms with E-state index in [0.717, 1.165) is 0 Å². The van der Waals surface area contributed by atoms with E-state index < -0.39 is 0 Å². The molecule has 0 bridgehead atoms. The second-order valence-electron chi connectivity index (χ2n) is 5.65. The van der Waals surface area contributed by atoms with Crippen molar-refractivity contribution < 1.29 is 23.9 Å². The first kappa shape index (κ1) is 15.2. The molecular formula is C18H14N2O5. The van der Waals surface area contributed by atoms with Gasteiger partial charge in [-0.2, -0.15) is 0 Å². The molecule has 0 radical (unpaired) electrons. The number of anilines is 1. The number of hydrogen-bond acceptors (Lipinski definition) is 5. The third kappa shape index (κ3) is 2.69. The summed E-state index contributed by atoms with van der Waals surface area (Å²) in [5, 5.41) is 2.70. The predicted octanol–water partition coefficient (Wildman–Crippen LogP) is 1.69. The lowest BCUT2D eigenvalue weighted by atomic mass is 10.1. The number of benzene rings is 2.